The molecule has 1 heterocycles. The van der Waals surface area contributed by atoms with Crippen LogP contribution in [0.5, 0.6) is 0 Å². The number of likely N-dealkylation sites (tertiary alicyclic amines) is 1. The molecule has 2 rings (SSSR count). The Kier molecular flexibility index (Phi) is 5.40. The fourth-order valence-corrected chi connectivity index (χ4v) is 3.02. The van der Waals surface area contributed by atoms with Gasteiger partial charge in [0.05, 0.1) is 5.56 Å². The van der Waals surface area contributed by atoms with E-state index in [9.17, 15) is 4.79 Å². The van der Waals surface area contributed by atoms with Gasteiger partial charge >= 0.3 is 5.97 Å². The number of hydrogen-bond donors (Lipinski definition) is 1. The third-order valence-electron chi connectivity index (χ3n) is 3.64. The van der Waals surface area contributed by atoms with Crippen molar-refractivity contribution in [1.29, 1.82) is 0 Å². The molecule has 1 N–H and O–H groups in total. The van der Waals surface area contributed by atoms with E-state index in [1.807, 2.05) is 6.07 Å². The van der Waals surface area contributed by atoms with E-state index in [0.29, 0.717) is 5.56 Å². The van der Waals surface area contributed by atoms with Gasteiger partial charge in [0, 0.05) is 11.0 Å². The van der Waals surface area contributed by atoms with Crippen LogP contribution in [0.4, 0.5) is 0 Å². The molecule has 1 fully saturated rings. The van der Waals surface area contributed by atoms with Gasteiger partial charge in [0.25, 0.3) is 0 Å². The first-order valence-electron chi connectivity index (χ1n) is 6.91. The molecular formula is C15H20BrNO2. The number of hydrogen-bond acceptors (Lipinski definition) is 2. The summed E-state index contributed by atoms with van der Waals surface area (Å²) < 4.78 is 0.898. The van der Waals surface area contributed by atoms with Gasteiger partial charge in [-0.2, -0.15) is 0 Å². The van der Waals surface area contributed by atoms with E-state index in [0.717, 1.165) is 24.1 Å². The molecule has 0 bridgehead atoms. The molecule has 4 heteroatoms. The van der Waals surface area contributed by atoms with E-state index in [1.54, 1.807) is 12.1 Å². The van der Waals surface area contributed by atoms with Crippen molar-refractivity contribution in [2.45, 2.75) is 38.6 Å². The summed E-state index contributed by atoms with van der Waals surface area (Å²) in [5.41, 5.74) is 1.51. The molecule has 0 aliphatic carbocycles. The number of carboxylic acid groups (broad SMARTS) is 1. The van der Waals surface area contributed by atoms with Crippen LogP contribution in [-0.2, 0) is 6.54 Å². The molecule has 0 unspecified atom stereocenters. The molecule has 0 spiro atoms. The first-order valence-corrected chi connectivity index (χ1v) is 7.70. The molecule has 0 aromatic heterocycles. The highest BCUT2D eigenvalue weighted by molar-refractivity contribution is 9.10. The van der Waals surface area contributed by atoms with Crippen molar-refractivity contribution < 1.29 is 9.90 Å². The molecular weight excluding hydrogens is 306 g/mol. The monoisotopic (exact) mass is 325 g/mol. The van der Waals surface area contributed by atoms with Crippen molar-refractivity contribution in [1.82, 2.24) is 4.90 Å². The highest BCUT2D eigenvalue weighted by atomic mass is 79.9. The van der Waals surface area contributed by atoms with Gasteiger partial charge in [0.2, 0.25) is 0 Å². The third-order valence-corrected chi connectivity index (χ3v) is 4.38. The maximum Gasteiger partial charge on any atom is 0.335 e. The normalized spacial score (nSPS) is 17.7. The fraction of sp³-hybridized carbons (Fsp3) is 0.533. The van der Waals surface area contributed by atoms with Crippen molar-refractivity contribution in [2.75, 3.05) is 13.1 Å². The molecule has 104 valence electrons. The van der Waals surface area contributed by atoms with Gasteiger partial charge in [0.15, 0.2) is 0 Å². The largest absolute Gasteiger partial charge is 0.478 e. The van der Waals surface area contributed by atoms with E-state index in [2.05, 4.69) is 20.8 Å². The molecule has 1 aliphatic heterocycles. The Labute approximate surface area is 122 Å². The minimum Gasteiger partial charge on any atom is -0.478 e. The van der Waals surface area contributed by atoms with E-state index >= 15 is 0 Å². The SMILES string of the molecule is O=C(O)c1ccc(CN2CCCCCCC2)c(Br)c1. The second-order valence-corrected chi connectivity index (χ2v) is 6.01. The van der Waals surface area contributed by atoms with Crippen LogP contribution < -0.4 is 0 Å². The third kappa shape index (κ3) is 4.32. The minimum absolute atomic E-state index is 0.336. The fourth-order valence-electron chi connectivity index (χ4n) is 2.52. The molecule has 0 saturated carbocycles. The summed E-state index contributed by atoms with van der Waals surface area (Å²) in [6, 6.07) is 5.31. The summed E-state index contributed by atoms with van der Waals surface area (Å²) in [5, 5.41) is 8.96. The zero-order valence-electron chi connectivity index (χ0n) is 11.1. The number of carbonyl (C=O) groups is 1. The molecule has 19 heavy (non-hydrogen) atoms. The van der Waals surface area contributed by atoms with Gasteiger partial charge in [-0.15, -0.1) is 0 Å². The highest BCUT2D eigenvalue weighted by Crippen LogP contribution is 2.22. The number of halogens is 1. The van der Waals surface area contributed by atoms with Gasteiger partial charge < -0.3 is 5.11 Å². The summed E-state index contributed by atoms with van der Waals surface area (Å²) in [5.74, 6) is -0.876. The quantitative estimate of drug-likeness (QED) is 0.915. The zero-order valence-corrected chi connectivity index (χ0v) is 12.7. The summed E-state index contributed by atoms with van der Waals surface area (Å²) >= 11 is 3.49. The maximum absolute atomic E-state index is 10.9. The van der Waals surface area contributed by atoms with Crippen LogP contribution in [0.1, 0.15) is 48.0 Å². The number of benzene rings is 1. The molecule has 1 aromatic rings. The Morgan fingerprint density at radius 2 is 1.79 bits per heavy atom. The van der Waals surface area contributed by atoms with Gasteiger partial charge in [-0.1, -0.05) is 41.3 Å². The lowest BCUT2D eigenvalue weighted by Gasteiger charge is -2.25. The Hall–Kier alpha value is -0.870. The highest BCUT2D eigenvalue weighted by Gasteiger charge is 2.12. The van der Waals surface area contributed by atoms with Crippen LogP contribution in [-0.4, -0.2) is 29.1 Å². The van der Waals surface area contributed by atoms with Gasteiger partial charge in [-0.25, -0.2) is 4.79 Å². The van der Waals surface area contributed by atoms with Crippen LogP contribution in [0, 0.1) is 0 Å². The van der Waals surface area contributed by atoms with Gasteiger partial charge in [-0.05, 0) is 43.6 Å². The van der Waals surface area contributed by atoms with Crippen LogP contribution in [0.25, 0.3) is 0 Å². The van der Waals surface area contributed by atoms with E-state index in [-0.39, 0.29) is 0 Å². The lowest BCUT2D eigenvalue weighted by molar-refractivity contribution is 0.0697. The summed E-state index contributed by atoms with van der Waals surface area (Å²) in [6.07, 6.45) is 6.56. The summed E-state index contributed by atoms with van der Waals surface area (Å²) in [6.45, 7) is 3.20. The zero-order chi connectivity index (χ0) is 13.7. The van der Waals surface area contributed by atoms with Crippen molar-refractivity contribution >= 4 is 21.9 Å². The van der Waals surface area contributed by atoms with Gasteiger partial charge in [-0.3, -0.25) is 4.90 Å². The minimum atomic E-state index is -0.876. The average molecular weight is 326 g/mol. The first kappa shape index (κ1) is 14.5. The number of carboxylic acids is 1. The Morgan fingerprint density at radius 3 is 2.37 bits per heavy atom. The smallest absolute Gasteiger partial charge is 0.335 e. The average Bonchev–Trinajstić information content (AvgIpc) is 2.34. The van der Waals surface area contributed by atoms with Crippen LogP contribution in [0.2, 0.25) is 0 Å². The molecule has 3 nitrogen and oxygen atoms in total. The predicted octanol–water partition coefficient (Wildman–Crippen LogP) is 3.91. The topological polar surface area (TPSA) is 40.5 Å². The van der Waals surface area contributed by atoms with Crippen molar-refractivity contribution in [3.8, 4) is 0 Å². The molecule has 1 saturated heterocycles. The van der Waals surface area contributed by atoms with E-state index in [1.165, 1.54) is 37.7 Å². The standard InChI is InChI=1S/C15H20BrNO2/c16-14-10-12(15(18)19)6-7-13(14)11-17-8-4-2-1-3-5-9-17/h6-7,10H,1-5,8-9,11H2,(H,18,19). The van der Waals surface area contributed by atoms with E-state index < -0.39 is 5.97 Å². The maximum atomic E-state index is 10.9. The summed E-state index contributed by atoms with van der Waals surface area (Å²) in [4.78, 5) is 13.4. The van der Waals surface area contributed by atoms with Crippen molar-refractivity contribution in [3.63, 3.8) is 0 Å². The molecule has 1 aliphatic rings. The molecule has 0 amide bonds. The lowest BCUT2D eigenvalue weighted by atomic mass is 10.1. The second-order valence-electron chi connectivity index (χ2n) is 5.16. The van der Waals surface area contributed by atoms with Crippen molar-refractivity contribution in [3.05, 3.63) is 33.8 Å². The number of aromatic carboxylic acids is 1. The molecule has 1 aromatic carbocycles. The van der Waals surface area contributed by atoms with Crippen LogP contribution in [0.3, 0.4) is 0 Å². The lowest BCUT2D eigenvalue weighted by Crippen LogP contribution is -2.27. The summed E-state index contributed by atoms with van der Waals surface area (Å²) in [7, 11) is 0. The second kappa shape index (κ2) is 7.06. The van der Waals surface area contributed by atoms with E-state index in [4.69, 9.17) is 5.11 Å². The van der Waals surface area contributed by atoms with Gasteiger partial charge in [0.1, 0.15) is 0 Å². The molecule has 0 atom stereocenters. The van der Waals surface area contributed by atoms with Crippen LogP contribution in [0.15, 0.2) is 22.7 Å². The number of rotatable bonds is 3. The Morgan fingerprint density at radius 1 is 1.16 bits per heavy atom. The molecule has 0 radical (unpaired) electrons. The van der Waals surface area contributed by atoms with Crippen molar-refractivity contribution in [2.24, 2.45) is 0 Å². The number of nitrogens with zero attached hydrogens (tertiary/aromatic N) is 1. The predicted molar refractivity (Wildman–Crippen MR) is 79.5 cm³/mol. The first-order chi connectivity index (χ1) is 9.16. The Bertz CT molecular complexity index is 440. The Balaban J connectivity index is 2.03. The van der Waals surface area contributed by atoms with Crippen LogP contribution >= 0.6 is 15.9 Å².